The number of aliphatic hydroxyl groups excluding tert-OH is 4. The van der Waals surface area contributed by atoms with Crippen molar-refractivity contribution in [1.82, 2.24) is 29.7 Å². The van der Waals surface area contributed by atoms with Crippen LogP contribution in [0.15, 0.2) is 180 Å². The average Bonchev–Trinajstić information content (AvgIpc) is 1.48. The van der Waals surface area contributed by atoms with Gasteiger partial charge < -0.3 is 51.8 Å². The minimum atomic E-state index is -1.07. The van der Waals surface area contributed by atoms with Crippen molar-refractivity contribution >= 4 is 32.3 Å². The maximum Gasteiger partial charge on any atom is 0.121 e. The molecule has 586 valence electrons. The summed E-state index contributed by atoms with van der Waals surface area (Å²) in [5, 5.41) is 53.8. The van der Waals surface area contributed by atoms with Crippen LogP contribution in [0, 0.1) is 63.6 Å². The lowest BCUT2D eigenvalue weighted by atomic mass is 9.55. The number of allylic oxidation sites excluding steroid dienone is 3. The predicted molar refractivity (Wildman–Crippen MR) is 432 cm³/mol. The fourth-order valence-electron chi connectivity index (χ4n) is 32.5. The molecule has 16 nitrogen and oxygen atoms in total. The number of hydrogen-bond acceptors (Lipinski definition) is 16. The van der Waals surface area contributed by atoms with Crippen LogP contribution in [0.4, 0.5) is 0 Å². The Bertz CT molecular complexity index is 5290. The molecule has 27 atom stereocenters. The van der Waals surface area contributed by atoms with Gasteiger partial charge in [-0.05, 0) is 288 Å². The molecule has 16 fully saturated rings. The van der Waals surface area contributed by atoms with Gasteiger partial charge in [-0.15, -0.1) is 0 Å². The van der Waals surface area contributed by atoms with Crippen molar-refractivity contribution in [2.75, 3.05) is 39.3 Å². The molecule has 12 heterocycles. The van der Waals surface area contributed by atoms with E-state index in [2.05, 4.69) is 155 Å². The SMILES string of the molecule is C[C@]12CC=C3C=C4C(O)C(O)[C@@H](N5CC(N)C5)C(O)[C@]45CCC3(O5)[C@@H]1C[C@H]1C[C@]12c1ccc2ccncc2c1.C[C@]12CC=C3C=C4CC[C@@H](N5CC(N)C5)[C@H](O)[C@]45CCC3(O5)[C@@H]1C[C@H]1C[C@]12c1ccc2ccncc2c1.C[C@]12CC=C3C=C4[C@H]5C[C@H]5[C@@H](N5CC(N)C5)C[C@]45CCC3(O5)[C@@H]1C[C@H]1C[C@]12c1ccc2ccncc2c1. The quantitative estimate of drug-likeness (QED) is 0.0821. The zero-order valence-electron chi connectivity index (χ0n) is 65.9. The van der Waals surface area contributed by atoms with Crippen LogP contribution in [0.1, 0.15) is 159 Å². The van der Waals surface area contributed by atoms with Crippen molar-refractivity contribution < 1.29 is 34.6 Å². The number of nitrogens with two attached hydrogens (primary N) is 3. The molecule has 3 aromatic heterocycles. The molecule has 16 heteroatoms. The third-order valence-electron chi connectivity index (χ3n) is 38.1. The second-order valence-corrected chi connectivity index (χ2v) is 42.1. The van der Waals surface area contributed by atoms with Crippen LogP contribution < -0.4 is 17.2 Å². The number of aromatic nitrogens is 3. The third-order valence-corrected chi connectivity index (χ3v) is 38.1. The Morgan fingerprint density at radius 2 is 0.867 bits per heavy atom. The van der Waals surface area contributed by atoms with E-state index < -0.39 is 47.3 Å². The van der Waals surface area contributed by atoms with Gasteiger partial charge in [-0.2, -0.15) is 0 Å². The van der Waals surface area contributed by atoms with Gasteiger partial charge in [0, 0.05) is 139 Å². The number of hydrogen-bond donors (Lipinski definition) is 7. The molecule has 10 saturated carbocycles. The minimum absolute atomic E-state index is 0.00777. The highest BCUT2D eigenvalue weighted by Crippen LogP contribution is 2.85. The normalized spacial score (nSPS) is 49.5. The number of likely N-dealkylation sites (tertiary alicyclic amines) is 3. The third kappa shape index (κ3) is 8.29. The first-order chi connectivity index (χ1) is 54.6. The second kappa shape index (κ2) is 22.2. The lowest BCUT2D eigenvalue weighted by Crippen LogP contribution is -2.74. The molecule has 22 aliphatic rings. The van der Waals surface area contributed by atoms with Crippen LogP contribution >= 0.6 is 0 Å². The highest BCUT2D eigenvalue weighted by atomic mass is 16.6. The summed E-state index contributed by atoms with van der Waals surface area (Å²) in [6.07, 6.45) is 44.3. The average molecular weight is 1520 g/mol. The van der Waals surface area contributed by atoms with Gasteiger partial charge in [0.15, 0.2) is 0 Å². The van der Waals surface area contributed by atoms with Crippen LogP contribution in [0.5, 0.6) is 0 Å². The molecule has 6 spiro atoms. The van der Waals surface area contributed by atoms with Crippen molar-refractivity contribution in [3.05, 3.63) is 197 Å². The van der Waals surface area contributed by atoms with Crippen molar-refractivity contribution in [3.63, 3.8) is 0 Å². The van der Waals surface area contributed by atoms with Crippen LogP contribution in [0.25, 0.3) is 32.3 Å². The summed E-state index contributed by atoms with van der Waals surface area (Å²) in [4.78, 5) is 20.3. The van der Waals surface area contributed by atoms with Gasteiger partial charge >= 0.3 is 0 Å². The van der Waals surface area contributed by atoms with Gasteiger partial charge in [0.2, 0.25) is 0 Å². The fourth-order valence-corrected chi connectivity index (χ4v) is 32.5. The first-order valence-corrected chi connectivity index (χ1v) is 44.2. The Morgan fingerprint density at radius 3 is 1.37 bits per heavy atom. The van der Waals surface area contributed by atoms with E-state index in [4.69, 9.17) is 31.4 Å². The summed E-state index contributed by atoms with van der Waals surface area (Å²) in [6, 6.07) is 28.6. The zero-order chi connectivity index (χ0) is 75.7. The van der Waals surface area contributed by atoms with Crippen LogP contribution in [-0.4, -0.2) is 184 Å². The lowest BCUT2D eigenvalue weighted by molar-refractivity contribution is -0.223. The summed E-state index contributed by atoms with van der Waals surface area (Å²) in [6.45, 7) is 12.9. The topological polar surface area (TPSA) is 235 Å². The van der Waals surface area contributed by atoms with E-state index in [0.29, 0.717) is 66.3 Å². The van der Waals surface area contributed by atoms with E-state index in [0.717, 1.165) is 107 Å². The molecule has 0 radical (unpaired) electrons. The van der Waals surface area contributed by atoms with E-state index >= 15 is 0 Å². The van der Waals surface area contributed by atoms with Gasteiger partial charge in [0.1, 0.15) is 35.6 Å². The van der Waals surface area contributed by atoms with Crippen LogP contribution in [0.3, 0.4) is 0 Å². The predicted octanol–water partition coefficient (Wildman–Crippen LogP) is 11.6. The number of benzene rings is 3. The Balaban J connectivity index is 0.0000000937. The molecule has 6 aromatic rings. The molecule has 28 rings (SSSR count). The van der Waals surface area contributed by atoms with Gasteiger partial charge in [0.25, 0.3) is 0 Å². The molecule has 6 unspecified atom stereocenters. The van der Waals surface area contributed by atoms with Crippen molar-refractivity contribution in [2.45, 2.75) is 253 Å². The number of pyridine rings is 3. The maximum absolute atomic E-state index is 11.9. The molecule has 9 aliphatic heterocycles. The van der Waals surface area contributed by atoms with Crippen molar-refractivity contribution in [1.29, 1.82) is 0 Å². The van der Waals surface area contributed by atoms with Gasteiger partial charge in [0.05, 0.1) is 28.4 Å². The summed E-state index contributed by atoms with van der Waals surface area (Å²) >= 11 is 0. The van der Waals surface area contributed by atoms with Gasteiger partial charge in [-0.1, -0.05) is 93.6 Å². The molecule has 6 bridgehead atoms. The van der Waals surface area contributed by atoms with Gasteiger partial charge in [-0.3, -0.25) is 29.7 Å². The number of fused-ring (bicyclic) bond motifs is 14. The largest absolute Gasteiger partial charge is 0.388 e. The standard InChI is InChI=1S/C33H37N3O.C32H37N3O4.C32H37N3O2/c1-30-6-4-22-11-27-25-13-26(25)28(36-17-24(34)18-36)15-31(27)7-8-33(22,37-31)29(30)12-23-14-32(23,30)21-3-2-19-5-9-35-16-20(19)10-21;1-29-6-4-20-11-23-26(36)27(37)25(35-15-22(33)16-35)28(38)32(23)8-7-31(20,39-32)24(29)12-21-13-30(21,29)19-3-2-17-5-9-34-14-18(17)10-19;1-29-8-6-23-13-22-4-5-26(35-17-25(33)18-35)28(36)32(22)10-9-31(23,37-32)27(29)14-24-15-30(24,29)21-3-2-19-7-11-34-16-20(19)12-21/h2-5,9-11,16,23-26,28-29H,6-8,12-15,17-18,34H2,1H3;2-5,9-11,14,21-22,24-28,36-38H,6-8,12-13,15-16,33H2,1H3;2-3,6-7,11-13,16,24-28,36H,4-5,8-10,14-15,17-18,33H2,1H3/t23-,25-,26+,28-,29+,30-,31+,32-,33?;21-,24+,25+,26?,27?,28?,29-,30-,31?,32-;24-,26+,27+,28-,29-,30-,31?,32-/m000/s1. The molecule has 6 saturated heterocycles. The van der Waals surface area contributed by atoms with E-state index in [1.807, 2.05) is 42.1 Å². The monoisotopic (exact) mass is 1510 g/mol. The molecule has 0 amide bonds. The second-order valence-electron chi connectivity index (χ2n) is 42.1. The molecule has 10 N–H and O–H groups in total. The van der Waals surface area contributed by atoms with E-state index in [1.54, 1.807) is 16.7 Å². The van der Waals surface area contributed by atoms with Gasteiger partial charge in [-0.25, -0.2) is 0 Å². The first-order valence-electron chi connectivity index (χ1n) is 44.2. The summed E-state index contributed by atoms with van der Waals surface area (Å²) in [5.74, 6) is 5.18. The fraction of sp³-hybridized carbons (Fsp3) is 0.598. The lowest BCUT2D eigenvalue weighted by Gasteiger charge is -2.59. The molecule has 13 aliphatic carbocycles. The van der Waals surface area contributed by atoms with E-state index in [9.17, 15) is 20.4 Å². The number of aliphatic hydroxyl groups is 4. The Labute approximate surface area is 662 Å². The Morgan fingerprint density at radius 1 is 0.434 bits per heavy atom. The van der Waals surface area contributed by atoms with E-state index in [1.165, 1.54) is 119 Å². The van der Waals surface area contributed by atoms with Crippen LogP contribution in [-0.2, 0) is 30.5 Å². The number of ether oxygens (including phenoxy) is 3. The highest BCUT2D eigenvalue weighted by molar-refractivity contribution is 5.85. The molecule has 3 aromatic carbocycles. The zero-order valence-corrected chi connectivity index (χ0v) is 65.9. The summed E-state index contributed by atoms with van der Waals surface area (Å²) in [5.41, 5.74) is 29.6. The maximum atomic E-state index is 11.9. The Hall–Kier alpha value is -6.19. The summed E-state index contributed by atoms with van der Waals surface area (Å²) < 4.78 is 22.3. The highest BCUT2D eigenvalue weighted by Gasteiger charge is 2.83. The number of nitrogens with zero attached hydrogens (tertiary/aromatic N) is 6. The number of rotatable bonds is 6. The Kier molecular flexibility index (Phi) is 13.5. The van der Waals surface area contributed by atoms with E-state index in [-0.39, 0.29) is 62.0 Å². The first kappa shape index (κ1) is 68.8. The molecular weight excluding hydrogens is 1400 g/mol. The smallest absolute Gasteiger partial charge is 0.121 e. The van der Waals surface area contributed by atoms with Crippen LogP contribution in [0.2, 0.25) is 0 Å². The molecule has 113 heavy (non-hydrogen) atoms. The van der Waals surface area contributed by atoms with Crippen molar-refractivity contribution in [3.8, 4) is 0 Å². The summed E-state index contributed by atoms with van der Waals surface area (Å²) in [7, 11) is 0. The molecular formula is C97H111N9O7. The van der Waals surface area contributed by atoms with Crippen molar-refractivity contribution in [2.24, 2.45) is 80.8 Å². The minimum Gasteiger partial charge on any atom is -0.388 e.